The number of hydrogen-bond acceptors (Lipinski definition) is 1. The van der Waals surface area contributed by atoms with Crippen LogP contribution in [0.25, 0.3) is 0 Å². The molecule has 1 nitrogen and oxygen atoms in total. The molecule has 1 atom stereocenters. The minimum atomic E-state index is 0.589. The molecule has 1 unspecified atom stereocenters. The monoisotopic (exact) mass is 173 g/mol. The van der Waals surface area contributed by atoms with Crippen molar-refractivity contribution in [3.05, 3.63) is 35.4 Å². The highest BCUT2D eigenvalue weighted by Crippen LogP contribution is 2.25. The summed E-state index contributed by atoms with van der Waals surface area (Å²) in [5.74, 6) is 0.589. The summed E-state index contributed by atoms with van der Waals surface area (Å²) in [6.07, 6.45) is 1.05. The molecule has 2 rings (SSSR count). The molecule has 68 valence electrons. The van der Waals surface area contributed by atoms with E-state index in [1.54, 1.807) is 0 Å². The zero-order valence-corrected chi connectivity index (χ0v) is 8.25. The van der Waals surface area contributed by atoms with Crippen molar-refractivity contribution in [2.45, 2.75) is 26.2 Å². The first-order valence-electron chi connectivity index (χ1n) is 4.95. The third-order valence-corrected chi connectivity index (χ3v) is 2.69. The molecule has 0 fully saturated rings. The molecule has 1 aromatic rings. The third kappa shape index (κ3) is 1.39. The standard InChI is InChI=1S/C12H15N/c1-3-12-11-7-5-4-6-10(11)9(2)8-13-12/h4-7,9H,3,8H2,1-2H3. The summed E-state index contributed by atoms with van der Waals surface area (Å²) in [6, 6.07) is 8.63. The Morgan fingerprint density at radius 1 is 1.38 bits per heavy atom. The maximum absolute atomic E-state index is 4.59. The van der Waals surface area contributed by atoms with Gasteiger partial charge in [-0.2, -0.15) is 0 Å². The third-order valence-electron chi connectivity index (χ3n) is 2.69. The van der Waals surface area contributed by atoms with Gasteiger partial charge in [-0.05, 0) is 17.5 Å². The van der Waals surface area contributed by atoms with Gasteiger partial charge in [0.25, 0.3) is 0 Å². The van der Waals surface area contributed by atoms with Crippen molar-refractivity contribution in [1.82, 2.24) is 0 Å². The van der Waals surface area contributed by atoms with Crippen LogP contribution < -0.4 is 0 Å². The molecule has 1 heterocycles. The molecule has 0 N–H and O–H groups in total. The van der Waals surface area contributed by atoms with E-state index in [-0.39, 0.29) is 0 Å². The lowest BCUT2D eigenvalue weighted by atomic mass is 9.90. The van der Waals surface area contributed by atoms with Crippen LogP contribution in [-0.4, -0.2) is 12.3 Å². The summed E-state index contributed by atoms with van der Waals surface area (Å²) in [6.45, 7) is 5.38. The summed E-state index contributed by atoms with van der Waals surface area (Å²) in [5, 5.41) is 0. The lowest BCUT2D eigenvalue weighted by Gasteiger charge is -2.21. The van der Waals surface area contributed by atoms with Crippen molar-refractivity contribution in [1.29, 1.82) is 0 Å². The maximum Gasteiger partial charge on any atom is 0.0459 e. The van der Waals surface area contributed by atoms with Crippen LogP contribution >= 0.6 is 0 Å². The molecule has 13 heavy (non-hydrogen) atoms. The summed E-state index contributed by atoms with van der Waals surface area (Å²) in [7, 11) is 0. The molecule has 1 heteroatoms. The maximum atomic E-state index is 4.59. The van der Waals surface area contributed by atoms with Gasteiger partial charge >= 0.3 is 0 Å². The minimum absolute atomic E-state index is 0.589. The van der Waals surface area contributed by atoms with Gasteiger partial charge in [0.15, 0.2) is 0 Å². The van der Waals surface area contributed by atoms with Gasteiger partial charge in [0.05, 0.1) is 0 Å². The normalized spacial score (nSPS) is 20.8. The number of aliphatic imine (C=N–C) groups is 1. The van der Waals surface area contributed by atoms with Crippen LogP contribution in [0.3, 0.4) is 0 Å². The first-order valence-corrected chi connectivity index (χ1v) is 4.95. The van der Waals surface area contributed by atoms with E-state index >= 15 is 0 Å². The molecule has 1 aromatic carbocycles. The average Bonchev–Trinajstić information content (AvgIpc) is 2.19. The summed E-state index contributed by atoms with van der Waals surface area (Å²) in [4.78, 5) is 4.59. The van der Waals surface area contributed by atoms with E-state index in [4.69, 9.17) is 0 Å². The zero-order valence-electron chi connectivity index (χ0n) is 8.25. The van der Waals surface area contributed by atoms with Crippen molar-refractivity contribution in [2.24, 2.45) is 4.99 Å². The van der Waals surface area contributed by atoms with Gasteiger partial charge in [0, 0.05) is 18.2 Å². The molecule has 0 aliphatic carbocycles. The number of benzene rings is 1. The summed E-state index contributed by atoms with van der Waals surface area (Å²) < 4.78 is 0. The Morgan fingerprint density at radius 2 is 2.15 bits per heavy atom. The largest absolute Gasteiger partial charge is 0.289 e. The second-order valence-corrected chi connectivity index (χ2v) is 3.63. The molecule has 0 aromatic heterocycles. The van der Waals surface area contributed by atoms with Crippen molar-refractivity contribution in [3.63, 3.8) is 0 Å². The first-order chi connectivity index (χ1) is 6.33. The quantitative estimate of drug-likeness (QED) is 0.619. The van der Waals surface area contributed by atoms with Gasteiger partial charge in [-0.1, -0.05) is 38.1 Å². The van der Waals surface area contributed by atoms with E-state index in [1.807, 2.05) is 0 Å². The van der Waals surface area contributed by atoms with Crippen molar-refractivity contribution in [2.75, 3.05) is 6.54 Å². The van der Waals surface area contributed by atoms with Crippen LogP contribution in [0.2, 0.25) is 0 Å². The van der Waals surface area contributed by atoms with Crippen LogP contribution in [0, 0.1) is 0 Å². The van der Waals surface area contributed by atoms with Crippen LogP contribution in [0.5, 0.6) is 0 Å². The number of nitrogens with zero attached hydrogens (tertiary/aromatic N) is 1. The Morgan fingerprint density at radius 3 is 2.92 bits per heavy atom. The number of rotatable bonds is 1. The van der Waals surface area contributed by atoms with Crippen molar-refractivity contribution >= 4 is 5.71 Å². The second-order valence-electron chi connectivity index (χ2n) is 3.63. The fourth-order valence-electron chi connectivity index (χ4n) is 1.92. The van der Waals surface area contributed by atoms with Gasteiger partial charge in [-0.25, -0.2) is 0 Å². The Balaban J connectivity index is 2.52. The molecular weight excluding hydrogens is 158 g/mol. The predicted molar refractivity (Wildman–Crippen MR) is 56.6 cm³/mol. The summed E-state index contributed by atoms with van der Waals surface area (Å²) >= 11 is 0. The highest BCUT2D eigenvalue weighted by atomic mass is 14.8. The predicted octanol–water partition coefficient (Wildman–Crippen LogP) is 3.00. The van der Waals surface area contributed by atoms with E-state index in [1.165, 1.54) is 16.8 Å². The Kier molecular flexibility index (Phi) is 2.17. The van der Waals surface area contributed by atoms with Crippen LogP contribution in [0.4, 0.5) is 0 Å². The number of fused-ring (bicyclic) bond motifs is 1. The van der Waals surface area contributed by atoms with Crippen LogP contribution in [0.1, 0.15) is 37.3 Å². The highest BCUT2D eigenvalue weighted by molar-refractivity contribution is 6.02. The fourth-order valence-corrected chi connectivity index (χ4v) is 1.92. The molecule has 0 amide bonds. The lowest BCUT2D eigenvalue weighted by molar-refractivity contribution is 0.756. The van der Waals surface area contributed by atoms with E-state index in [9.17, 15) is 0 Å². The minimum Gasteiger partial charge on any atom is -0.289 e. The van der Waals surface area contributed by atoms with E-state index in [0.717, 1.165) is 13.0 Å². The van der Waals surface area contributed by atoms with Gasteiger partial charge in [-0.3, -0.25) is 4.99 Å². The fraction of sp³-hybridized carbons (Fsp3) is 0.417. The molecule has 0 radical (unpaired) electrons. The van der Waals surface area contributed by atoms with Crippen LogP contribution in [0.15, 0.2) is 29.3 Å². The Bertz CT molecular complexity index is 339. The summed E-state index contributed by atoms with van der Waals surface area (Å²) in [5.41, 5.74) is 4.10. The smallest absolute Gasteiger partial charge is 0.0459 e. The SMILES string of the molecule is CCC1=NCC(C)c2ccccc21. The topological polar surface area (TPSA) is 12.4 Å². The Hall–Kier alpha value is -1.11. The highest BCUT2D eigenvalue weighted by Gasteiger charge is 2.17. The molecule has 0 spiro atoms. The molecule has 0 bridgehead atoms. The molecular formula is C12H15N. The molecule has 1 aliphatic rings. The van der Waals surface area contributed by atoms with Crippen LogP contribution in [-0.2, 0) is 0 Å². The van der Waals surface area contributed by atoms with Gasteiger partial charge < -0.3 is 0 Å². The molecule has 0 saturated carbocycles. The van der Waals surface area contributed by atoms with Crippen molar-refractivity contribution in [3.8, 4) is 0 Å². The number of hydrogen-bond donors (Lipinski definition) is 0. The lowest BCUT2D eigenvalue weighted by Crippen LogP contribution is -2.14. The second kappa shape index (κ2) is 3.33. The average molecular weight is 173 g/mol. The van der Waals surface area contributed by atoms with E-state index in [2.05, 4.69) is 43.1 Å². The molecule has 1 aliphatic heterocycles. The molecule has 0 saturated heterocycles. The van der Waals surface area contributed by atoms with E-state index in [0.29, 0.717) is 5.92 Å². The van der Waals surface area contributed by atoms with Gasteiger partial charge in [-0.15, -0.1) is 0 Å². The van der Waals surface area contributed by atoms with Gasteiger partial charge in [0.2, 0.25) is 0 Å². The first kappa shape index (κ1) is 8.49. The van der Waals surface area contributed by atoms with Gasteiger partial charge in [0.1, 0.15) is 0 Å². The zero-order chi connectivity index (χ0) is 9.26. The van der Waals surface area contributed by atoms with E-state index < -0.39 is 0 Å². The van der Waals surface area contributed by atoms with Crippen molar-refractivity contribution < 1.29 is 0 Å². The Labute approximate surface area is 79.5 Å².